The molecule has 0 aliphatic carbocycles. The molecule has 0 bridgehead atoms. The predicted molar refractivity (Wildman–Crippen MR) is 402 cm³/mol. The van der Waals surface area contributed by atoms with Crippen molar-refractivity contribution >= 4 is 34.6 Å². The van der Waals surface area contributed by atoms with E-state index in [2.05, 4.69) is 339 Å². The Morgan fingerprint density at radius 1 is 0.273 bits per heavy atom. The average Bonchev–Trinajstić information content (AvgIpc) is 1.04. The third-order valence-corrected chi connectivity index (χ3v) is 39.7. The second-order valence-electron chi connectivity index (χ2n) is 38.8. The van der Waals surface area contributed by atoms with E-state index < -0.39 is 24.2 Å². The van der Waals surface area contributed by atoms with Crippen molar-refractivity contribution < 1.29 is 15.3 Å². The van der Waals surface area contributed by atoms with Crippen molar-refractivity contribution in [3.05, 3.63) is 147 Å². The van der Waals surface area contributed by atoms with E-state index in [1.54, 1.807) is 5.19 Å². The summed E-state index contributed by atoms with van der Waals surface area (Å²) in [5, 5.41) is 37.6. The lowest BCUT2D eigenvalue weighted by atomic mass is 9.78. The topological polar surface area (TPSA) is 60.7 Å². The van der Waals surface area contributed by atoms with Gasteiger partial charge in [-0.15, -0.1) is 0 Å². The number of hydrogen-bond donors (Lipinski definition) is 3. The smallest absolute Gasteiger partial charge is 0.123 e. The van der Waals surface area contributed by atoms with Crippen LogP contribution in [-0.2, 0) is 51.8 Å². The van der Waals surface area contributed by atoms with E-state index in [1.807, 2.05) is 0 Å². The summed E-state index contributed by atoms with van der Waals surface area (Å²) in [5.41, 5.74) is 10.1. The Hall–Kier alpha value is -3.85. The van der Waals surface area contributed by atoms with E-state index in [4.69, 9.17) is 0 Å². The molecule has 0 aliphatic heterocycles. The van der Waals surface area contributed by atoms with Gasteiger partial charge in [0.15, 0.2) is 0 Å². The second kappa shape index (κ2) is 27.0. The summed E-state index contributed by atoms with van der Waals surface area (Å²) in [6, 6.07) is 39.6. The van der Waals surface area contributed by atoms with E-state index in [0.717, 1.165) is 52.6 Å². The van der Waals surface area contributed by atoms with Crippen molar-refractivity contribution in [2.45, 2.75) is 337 Å². The maximum atomic E-state index is 11.2. The van der Waals surface area contributed by atoms with Crippen molar-refractivity contribution in [1.82, 2.24) is 0 Å². The summed E-state index contributed by atoms with van der Waals surface area (Å²) < 4.78 is 0. The van der Waals surface area contributed by atoms with Crippen molar-refractivity contribution in [3.63, 3.8) is 0 Å². The normalized spacial score (nSPS) is 14.0. The monoisotopic (exact) mass is 1250 g/mol. The maximum Gasteiger partial charge on any atom is 0.123 e. The summed E-state index contributed by atoms with van der Waals surface area (Å²) in [7, 11) is -5.21. The Morgan fingerprint density at radius 2 is 0.489 bits per heavy atom. The Kier molecular flexibility index (Phi) is 24.1. The molecule has 0 radical (unpaired) electrons. The van der Waals surface area contributed by atoms with Gasteiger partial charge in [-0.05, 0) is 139 Å². The first-order valence-electron chi connectivity index (χ1n) is 33.8. The van der Waals surface area contributed by atoms with Crippen LogP contribution in [0.1, 0.15) is 279 Å². The first-order valence-corrected chi connectivity index (χ1v) is 41.4. The largest absolute Gasteiger partial charge is 0.507 e. The Labute approximate surface area is 547 Å². The molecule has 88 heavy (non-hydrogen) atoms. The molecule has 5 aromatic rings. The molecule has 0 unspecified atom stereocenters. The van der Waals surface area contributed by atoms with E-state index in [1.165, 1.54) is 40.0 Å². The fourth-order valence-corrected chi connectivity index (χ4v) is 35.4. The fraction of sp³-hybridized carbons (Fsp3) is 0.634. The Morgan fingerprint density at radius 3 is 0.705 bits per heavy atom. The third-order valence-electron chi connectivity index (χ3n) is 20.2. The predicted octanol–water partition coefficient (Wildman–Crippen LogP) is 24.0. The van der Waals surface area contributed by atoms with E-state index in [9.17, 15) is 15.3 Å². The minimum atomic E-state index is -1.96. The van der Waals surface area contributed by atoms with Crippen LogP contribution < -0.4 is 10.4 Å². The first kappa shape index (κ1) is 78.4. The van der Waals surface area contributed by atoms with Crippen LogP contribution in [-0.4, -0.2) is 39.5 Å². The lowest BCUT2D eigenvalue weighted by Gasteiger charge is -2.60. The quantitative estimate of drug-likeness (QED) is 0.116. The Balaban J connectivity index is 0.000000347. The maximum absolute atomic E-state index is 11.2. The molecule has 5 aromatic carbocycles. The van der Waals surface area contributed by atoms with Crippen molar-refractivity contribution in [2.24, 2.45) is 0 Å². The summed E-state index contributed by atoms with van der Waals surface area (Å²) in [5.74, 6) is 1.45. The van der Waals surface area contributed by atoms with Gasteiger partial charge in [0.25, 0.3) is 0 Å². The van der Waals surface area contributed by atoms with Gasteiger partial charge in [0.1, 0.15) is 17.2 Å². The SMILES string of the molecule is CC(C)(C)c1cc(CC[Si](C(C)(C)C)(C(C)(C)C)C(C)(C)C)cc(C(C)(C)C)c1O.CC(C)(C)c1cc(CC[Si](C)(C)c2ccccc2)cc(C(C)(C)C)c1O.CC(C)(C)c1cc(CC[Si](c2ccccc2)(C(C)(C)C)C(C)(C)C)cc(C(C)(C)C)c1O. The highest BCUT2D eigenvalue weighted by Gasteiger charge is 2.59. The van der Waals surface area contributed by atoms with Crippen LogP contribution in [0.5, 0.6) is 17.2 Å². The summed E-state index contributed by atoms with van der Waals surface area (Å²) in [6.45, 7) is 81.5. The minimum Gasteiger partial charge on any atom is -0.507 e. The molecule has 0 amide bonds. The Bertz CT molecular complexity index is 2910. The summed E-state index contributed by atoms with van der Waals surface area (Å²) in [4.78, 5) is 0. The van der Waals surface area contributed by atoms with Gasteiger partial charge in [0.2, 0.25) is 0 Å². The van der Waals surface area contributed by atoms with Crippen LogP contribution in [0.2, 0.25) is 56.4 Å². The van der Waals surface area contributed by atoms with Crippen LogP contribution >= 0.6 is 0 Å². The molecule has 0 heterocycles. The third kappa shape index (κ3) is 18.5. The molecule has 0 fully saturated rings. The van der Waals surface area contributed by atoms with Crippen LogP contribution in [0, 0.1) is 0 Å². The van der Waals surface area contributed by atoms with Crippen molar-refractivity contribution in [3.8, 4) is 17.2 Å². The number of rotatable bonds is 11. The van der Waals surface area contributed by atoms with Gasteiger partial charge in [-0.1, -0.05) is 355 Å². The van der Waals surface area contributed by atoms with Gasteiger partial charge in [-0.25, -0.2) is 0 Å². The molecule has 0 saturated carbocycles. The molecule has 3 N–H and O–H groups in total. The van der Waals surface area contributed by atoms with Crippen LogP contribution in [0.25, 0.3) is 0 Å². The number of phenols is 3. The second-order valence-corrected chi connectivity index (χ2v) is 56.3. The molecular weight excluding hydrogens is 1120 g/mol. The minimum absolute atomic E-state index is 0.0630. The zero-order chi connectivity index (χ0) is 68.6. The van der Waals surface area contributed by atoms with Gasteiger partial charge in [0.05, 0.1) is 24.2 Å². The zero-order valence-electron chi connectivity index (χ0n) is 63.8. The number of hydrogen-bond acceptors (Lipinski definition) is 3. The molecule has 6 heteroatoms. The summed E-state index contributed by atoms with van der Waals surface area (Å²) >= 11 is 0. The van der Waals surface area contributed by atoms with E-state index in [0.29, 0.717) is 32.4 Å². The molecule has 0 atom stereocenters. The number of phenolic OH excluding ortho intramolecular Hbond substituents is 3. The standard InChI is InChI=1S/C30H48OSi.C28H52OSi.C24H36OSi/c1-27(2,3)24-20-22(21-25(26(24)31)28(4,5)6)18-19-32(29(7,8)9,30(10,11)12)23-16-14-13-15-17-23;1-24(2,3)21-18-20(19-22(23(21)29)25(4,5)6)16-17-30(26(7,8)9,27(10,11)12)28(13,14)15;1-23(2,3)20-16-18(17-21(22(20)25)24(4,5)6)14-15-26(7,8)19-12-10-9-11-13-19/h13-17,20-21,31H,18-19H2,1-12H3;18-19,29H,16-17H2,1-15H3;9-13,16-17,25H,14-15H2,1-8H3. The van der Waals surface area contributed by atoms with Crippen LogP contribution in [0.4, 0.5) is 0 Å². The fourth-order valence-electron chi connectivity index (χ4n) is 16.2. The first-order chi connectivity index (χ1) is 39.1. The summed E-state index contributed by atoms with van der Waals surface area (Å²) in [6.07, 6.45) is 3.20. The molecular formula is C82H136O3Si3. The zero-order valence-corrected chi connectivity index (χ0v) is 66.8. The molecule has 0 aliphatic rings. The molecule has 0 spiro atoms. The molecule has 494 valence electrons. The lowest BCUT2D eigenvalue weighted by molar-refractivity contribution is 0.422. The van der Waals surface area contributed by atoms with Crippen LogP contribution in [0.15, 0.2) is 97.1 Å². The van der Waals surface area contributed by atoms with Crippen molar-refractivity contribution in [1.29, 1.82) is 0 Å². The lowest BCUT2D eigenvalue weighted by Crippen LogP contribution is -2.61. The van der Waals surface area contributed by atoms with Gasteiger partial charge < -0.3 is 15.3 Å². The average molecular weight is 1250 g/mol. The van der Waals surface area contributed by atoms with Crippen LogP contribution in [0.3, 0.4) is 0 Å². The molecule has 0 aromatic heterocycles. The van der Waals surface area contributed by atoms with Gasteiger partial charge in [-0.3, -0.25) is 0 Å². The molecule has 5 rings (SSSR count). The molecule has 0 saturated heterocycles. The number of benzene rings is 5. The highest BCUT2D eigenvalue weighted by atomic mass is 28.3. The molecule has 3 nitrogen and oxygen atoms in total. The van der Waals surface area contributed by atoms with Gasteiger partial charge >= 0.3 is 0 Å². The highest BCUT2D eigenvalue weighted by molar-refractivity contribution is 6.96. The highest BCUT2D eigenvalue weighted by Crippen LogP contribution is 2.64. The van der Waals surface area contributed by atoms with Gasteiger partial charge in [0, 0.05) is 0 Å². The number of aryl methyl sites for hydroxylation is 3. The van der Waals surface area contributed by atoms with E-state index >= 15 is 0 Å². The van der Waals surface area contributed by atoms with Gasteiger partial charge in [-0.2, -0.15) is 0 Å². The van der Waals surface area contributed by atoms with E-state index in [-0.39, 0.29) is 42.6 Å². The number of aromatic hydroxyl groups is 3. The van der Waals surface area contributed by atoms with Crippen molar-refractivity contribution in [2.75, 3.05) is 0 Å².